The minimum Gasteiger partial charge on any atom is -0.549 e. The zero-order valence-electron chi connectivity index (χ0n) is 17.5. The second-order valence-electron chi connectivity index (χ2n) is 7.15. The predicted molar refractivity (Wildman–Crippen MR) is 105 cm³/mol. The predicted octanol–water partition coefficient (Wildman–Crippen LogP) is 0.153. The molecule has 0 saturated heterocycles. The number of benzene rings is 1. The Morgan fingerprint density at radius 1 is 1.13 bits per heavy atom. The number of carboxylic acids is 1. The fourth-order valence-electron chi connectivity index (χ4n) is 3.42. The standard InChI is InChI=1S/C21H28ClNO6.Na/c1-2-18(24)28-20(15-6-4-3-5-7-15)29-21(27)23-13-12-17(19(25)26)14-8-10-16(22)11-9-14;/h8-11,15,17,20H,2-7,12-13H2,1H3,(H,23,27)(H,25,26);/q;+1/p-1. The molecule has 1 aliphatic rings. The normalized spacial score (nSPS) is 15.9. The van der Waals surface area contributed by atoms with E-state index in [0.717, 1.165) is 32.1 Å². The number of nitrogens with one attached hydrogen (secondary N) is 1. The van der Waals surface area contributed by atoms with Crippen LogP contribution in [0.25, 0.3) is 0 Å². The summed E-state index contributed by atoms with van der Waals surface area (Å²) in [6, 6.07) is 6.44. The third-order valence-corrected chi connectivity index (χ3v) is 5.31. The Balaban J connectivity index is 0.00000450. The van der Waals surface area contributed by atoms with Crippen molar-refractivity contribution < 1.29 is 58.5 Å². The minimum atomic E-state index is -1.24. The molecule has 0 aromatic heterocycles. The van der Waals surface area contributed by atoms with Gasteiger partial charge in [-0.25, -0.2) is 4.79 Å². The Labute approximate surface area is 204 Å². The quantitative estimate of drug-likeness (QED) is 0.328. The summed E-state index contributed by atoms with van der Waals surface area (Å²) < 4.78 is 10.7. The average Bonchev–Trinajstić information content (AvgIpc) is 2.72. The van der Waals surface area contributed by atoms with Gasteiger partial charge in [0.1, 0.15) is 0 Å². The molecule has 9 heteroatoms. The SMILES string of the molecule is CCC(=O)OC(OC(=O)NCCC(C(=O)[O-])c1ccc(Cl)cc1)C1CCCCC1.[Na+]. The van der Waals surface area contributed by atoms with E-state index < -0.39 is 30.2 Å². The molecule has 1 aromatic rings. The van der Waals surface area contributed by atoms with Crippen LogP contribution in [0.2, 0.25) is 5.02 Å². The van der Waals surface area contributed by atoms with Gasteiger partial charge in [-0.15, -0.1) is 0 Å². The van der Waals surface area contributed by atoms with Crippen LogP contribution in [0.1, 0.15) is 63.4 Å². The summed E-state index contributed by atoms with van der Waals surface area (Å²) >= 11 is 5.83. The van der Waals surface area contributed by atoms with Crippen LogP contribution in [0.5, 0.6) is 0 Å². The second kappa shape index (κ2) is 13.9. The maximum atomic E-state index is 12.2. The molecule has 7 nitrogen and oxygen atoms in total. The number of hydrogen-bond acceptors (Lipinski definition) is 6. The van der Waals surface area contributed by atoms with Crippen LogP contribution in [-0.4, -0.2) is 30.9 Å². The molecule has 0 radical (unpaired) electrons. The van der Waals surface area contributed by atoms with Crippen molar-refractivity contribution in [2.75, 3.05) is 6.54 Å². The van der Waals surface area contributed by atoms with Gasteiger partial charge in [0, 0.05) is 35.8 Å². The maximum absolute atomic E-state index is 12.2. The van der Waals surface area contributed by atoms with Crippen molar-refractivity contribution in [1.29, 1.82) is 0 Å². The van der Waals surface area contributed by atoms with Gasteiger partial charge in [0.15, 0.2) is 0 Å². The van der Waals surface area contributed by atoms with E-state index in [1.54, 1.807) is 31.2 Å². The van der Waals surface area contributed by atoms with E-state index in [4.69, 9.17) is 21.1 Å². The number of aliphatic carboxylic acids is 1. The molecular weight excluding hydrogens is 421 g/mol. The number of rotatable bonds is 9. The molecule has 0 bridgehead atoms. The van der Waals surface area contributed by atoms with Crippen molar-refractivity contribution in [2.45, 2.75) is 64.1 Å². The van der Waals surface area contributed by atoms with E-state index >= 15 is 0 Å². The maximum Gasteiger partial charge on any atom is 1.00 e. The molecule has 2 unspecified atom stereocenters. The molecule has 2 atom stereocenters. The van der Waals surface area contributed by atoms with E-state index in [9.17, 15) is 19.5 Å². The van der Waals surface area contributed by atoms with Gasteiger partial charge in [-0.05, 0) is 37.0 Å². The molecule has 0 aliphatic heterocycles. The number of amides is 1. The summed E-state index contributed by atoms with van der Waals surface area (Å²) in [6.45, 7) is 1.75. The van der Waals surface area contributed by atoms with Gasteiger partial charge in [0.2, 0.25) is 0 Å². The number of halogens is 1. The molecule has 160 valence electrons. The van der Waals surface area contributed by atoms with E-state index in [1.165, 1.54) is 0 Å². The number of carboxylic acid groups (broad SMARTS) is 1. The first-order valence-corrected chi connectivity index (χ1v) is 10.4. The van der Waals surface area contributed by atoms with Crippen LogP contribution < -0.4 is 40.0 Å². The molecule has 1 amide bonds. The third-order valence-electron chi connectivity index (χ3n) is 5.05. The summed E-state index contributed by atoms with van der Waals surface area (Å²) in [5.74, 6) is -2.57. The van der Waals surface area contributed by atoms with Crippen molar-refractivity contribution in [3.05, 3.63) is 34.9 Å². The fourth-order valence-corrected chi connectivity index (χ4v) is 3.54. The van der Waals surface area contributed by atoms with Crippen LogP contribution in [0, 0.1) is 5.92 Å². The molecule has 1 fully saturated rings. The summed E-state index contributed by atoms with van der Waals surface area (Å²) in [5.41, 5.74) is 0.543. The van der Waals surface area contributed by atoms with Gasteiger partial charge >= 0.3 is 41.6 Å². The number of carbonyl (C=O) groups excluding carboxylic acids is 3. The number of esters is 1. The van der Waals surface area contributed by atoms with Crippen LogP contribution >= 0.6 is 11.6 Å². The number of carbonyl (C=O) groups is 3. The minimum absolute atomic E-state index is 0. The van der Waals surface area contributed by atoms with Crippen molar-refractivity contribution in [3.63, 3.8) is 0 Å². The first kappa shape index (κ1) is 26.8. The third kappa shape index (κ3) is 8.84. The Kier molecular flexibility index (Phi) is 12.4. The summed E-state index contributed by atoms with van der Waals surface area (Å²) in [6.07, 6.45) is 3.45. The Morgan fingerprint density at radius 3 is 2.33 bits per heavy atom. The van der Waals surface area contributed by atoms with Gasteiger partial charge in [0.05, 0.1) is 0 Å². The van der Waals surface area contributed by atoms with Crippen molar-refractivity contribution in [2.24, 2.45) is 5.92 Å². The van der Waals surface area contributed by atoms with Crippen LogP contribution in [0.3, 0.4) is 0 Å². The molecule has 1 saturated carbocycles. The van der Waals surface area contributed by atoms with Gasteiger partial charge < -0.3 is 24.7 Å². The van der Waals surface area contributed by atoms with E-state index in [1.807, 2.05) is 0 Å². The molecule has 1 N–H and O–H groups in total. The van der Waals surface area contributed by atoms with Gasteiger partial charge in [-0.2, -0.15) is 0 Å². The summed E-state index contributed by atoms with van der Waals surface area (Å²) in [7, 11) is 0. The van der Waals surface area contributed by atoms with Crippen molar-refractivity contribution >= 4 is 29.6 Å². The van der Waals surface area contributed by atoms with Crippen LogP contribution in [-0.2, 0) is 19.1 Å². The van der Waals surface area contributed by atoms with E-state index in [2.05, 4.69) is 5.32 Å². The molecule has 1 aromatic carbocycles. The van der Waals surface area contributed by atoms with Gasteiger partial charge in [0.25, 0.3) is 6.29 Å². The van der Waals surface area contributed by atoms with Gasteiger partial charge in [-0.3, -0.25) is 4.79 Å². The average molecular weight is 448 g/mol. The Morgan fingerprint density at radius 2 is 1.77 bits per heavy atom. The van der Waals surface area contributed by atoms with E-state index in [0.29, 0.717) is 10.6 Å². The summed E-state index contributed by atoms with van der Waals surface area (Å²) in [4.78, 5) is 35.3. The Hall–Kier alpha value is -1.28. The van der Waals surface area contributed by atoms with Gasteiger partial charge in [-0.1, -0.05) is 49.9 Å². The van der Waals surface area contributed by atoms with Crippen LogP contribution in [0.15, 0.2) is 24.3 Å². The summed E-state index contributed by atoms with van der Waals surface area (Å²) in [5, 5.41) is 14.5. The molecule has 30 heavy (non-hydrogen) atoms. The molecular formula is C21H27ClNNaO6. The number of alkyl carbamates (subject to hydrolysis) is 1. The smallest absolute Gasteiger partial charge is 0.549 e. The van der Waals surface area contributed by atoms with Crippen molar-refractivity contribution in [1.82, 2.24) is 5.32 Å². The number of ether oxygens (including phenoxy) is 2. The first-order valence-electron chi connectivity index (χ1n) is 10.0. The van der Waals surface area contributed by atoms with Crippen LogP contribution in [0.4, 0.5) is 4.79 Å². The Bertz CT molecular complexity index is 693. The zero-order valence-corrected chi connectivity index (χ0v) is 20.3. The number of hydrogen-bond donors (Lipinski definition) is 1. The molecule has 2 rings (SSSR count). The van der Waals surface area contributed by atoms with E-state index in [-0.39, 0.29) is 54.9 Å². The zero-order chi connectivity index (χ0) is 21.2. The van der Waals surface area contributed by atoms with Crippen molar-refractivity contribution in [3.8, 4) is 0 Å². The molecule has 0 heterocycles. The topological polar surface area (TPSA) is 105 Å². The second-order valence-corrected chi connectivity index (χ2v) is 7.59. The molecule has 1 aliphatic carbocycles. The largest absolute Gasteiger partial charge is 1.00 e. The fraction of sp³-hybridized carbons (Fsp3) is 0.571. The monoisotopic (exact) mass is 447 g/mol. The first-order chi connectivity index (χ1) is 13.9. The molecule has 0 spiro atoms.